The minimum absolute atomic E-state index is 0.317. The van der Waals surface area contributed by atoms with Crippen molar-refractivity contribution in [1.82, 2.24) is 0 Å². The number of ether oxygens (including phenoxy) is 1. The van der Waals surface area contributed by atoms with Crippen LogP contribution < -0.4 is 4.74 Å². The molecule has 1 heterocycles. The average molecular weight is 533 g/mol. The summed E-state index contributed by atoms with van der Waals surface area (Å²) in [6, 6.07) is 53.5. The van der Waals surface area contributed by atoms with Gasteiger partial charge in [0.2, 0.25) is 0 Å². The lowest BCUT2D eigenvalue weighted by molar-refractivity contribution is 0.487. The first-order valence-corrected chi connectivity index (χ1v) is 14.6. The van der Waals surface area contributed by atoms with E-state index in [0.29, 0.717) is 0 Å². The molecule has 0 fully saturated rings. The quantitative estimate of drug-likeness (QED) is 0.204. The van der Waals surface area contributed by atoms with Gasteiger partial charge < -0.3 is 4.74 Å². The zero-order valence-corrected chi connectivity index (χ0v) is 22.8. The fourth-order valence-electron chi connectivity index (χ4n) is 8.10. The third kappa shape index (κ3) is 2.60. The Bertz CT molecular complexity index is 2240. The van der Waals surface area contributed by atoms with Crippen LogP contribution in [0.2, 0.25) is 0 Å². The summed E-state index contributed by atoms with van der Waals surface area (Å²) in [7, 11) is 0. The van der Waals surface area contributed by atoms with Gasteiger partial charge in [-0.15, -0.1) is 0 Å². The maximum absolute atomic E-state index is 6.39. The second-order valence-corrected chi connectivity index (χ2v) is 11.6. The first kappa shape index (κ1) is 22.3. The molecule has 0 radical (unpaired) electrons. The van der Waals surface area contributed by atoms with Crippen molar-refractivity contribution in [2.45, 2.75) is 5.41 Å². The highest BCUT2D eigenvalue weighted by atomic mass is 16.5. The van der Waals surface area contributed by atoms with E-state index < -0.39 is 0 Å². The predicted molar refractivity (Wildman–Crippen MR) is 171 cm³/mol. The lowest BCUT2D eigenvalue weighted by Gasteiger charge is -2.30. The maximum Gasteiger partial charge on any atom is 0.135 e. The first-order chi connectivity index (χ1) is 20.8. The van der Waals surface area contributed by atoms with E-state index in [4.69, 9.17) is 4.74 Å². The van der Waals surface area contributed by atoms with E-state index in [1.165, 1.54) is 72.0 Å². The highest BCUT2D eigenvalue weighted by Gasteiger charge is 2.51. The van der Waals surface area contributed by atoms with Gasteiger partial charge in [-0.1, -0.05) is 127 Å². The second kappa shape index (κ2) is 7.87. The summed E-state index contributed by atoms with van der Waals surface area (Å²) >= 11 is 0. The lowest BCUT2D eigenvalue weighted by atomic mass is 9.70. The van der Waals surface area contributed by atoms with Crippen LogP contribution in [0.4, 0.5) is 0 Å². The van der Waals surface area contributed by atoms with Gasteiger partial charge in [-0.2, -0.15) is 0 Å². The molecule has 0 atom stereocenters. The molecule has 194 valence electrons. The fourth-order valence-corrected chi connectivity index (χ4v) is 8.10. The zero-order chi connectivity index (χ0) is 27.4. The van der Waals surface area contributed by atoms with Crippen LogP contribution in [0.1, 0.15) is 22.3 Å². The van der Waals surface area contributed by atoms with Crippen molar-refractivity contribution in [2.75, 3.05) is 0 Å². The van der Waals surface area contributed by atoms with Crippen molar-refractivity contribution in [1.29, 1.82) is 0 Å². The van der Waals surface area contributed by atoms with E-state index in [9.17, 15) is 0 Å². The number of hydrogen-bond donors (Lipinski definition) is 0. The Hall–Kier alpha value is -5.40. The summed E-state index contributed by atoms with van der Waals surface area (Å²) in [6.07, 6.45) is 0. The van der Waals surface area contributed by atoms with Gasteiger partial charge in [-0.05, 0) is 79.2 Å². The van der Waals surface area contributed by atoms with Crippen LogP contribution in [0.25, 0.3) is 55.3 Å². The van der Waals surface area contributed by atoms with Gasteiger partial charge >= 0.3 is 0 Å². The zero-order valence-electron chi connectivity index (χ0n) is 22.8. The Labute approximate surface area is 244 Å². The Balaban J connectivity index is 1.29. The monoisotopic (exact) mass is 532 g/mol. The molecule has 0 amide bonds. The van der Waals surface area contributed by atoms with Crippen LogP contribution in [-0.2, 0) is 5.41 Å². The Kier molecular flexibility index (Phi) is 4.18. The minimum Gasteiger partial charge on any atom is -0.456 e. The average Bonchev–Trinajstić information content (AvgIpc) is 3.52. The lowest BCUT2D eigenvalue weighted by Crippen LogP contribution is -2.25. The second-order valence-electron chi connectivity index (χ2n) is 11.6. The molecule has 0 bridgehead atoms. The Morgan fingerprint density at radius 2 is 0.952 bits per heavy atom. The topological polar surface area (TPSA) is 9.23 Å². The SMILES string of the molecule is c1ccc2c(c1)Oc1cccc3ccc(-c4ccc5c(c4)-c4ccccc4C54c5ccccc5-c5ccccc54)c-2c13. The standard InChI is InChI=1S/C41H24O/c1-5-15-33-28(11-1)29-12-2-6-16-34(29)41(33)35-17-7-3-13-30(35)32-24-26(21-23-36(32)41)27-22-20-25-10-9-19-38-39(25)40(27)31-14-4-8-18-37(31)42-38/h1-24H. The number of rotatable bonds is 1. The van der Waals surface area contributed by atoms with Crippen LogP contribution >= 0.6 is 0 Å². The number of fused-ring (bicyclic) bond motifs is 12. The van der Waals surface area contributed by atoms with Gasteiger partial charge in [0.05, 0.1) is 5.41 Å². The Morgan fingerprint density at radius 3 is 1.67 bits per heavy atom. The van der Waals surface area contributed by atoms with Crippen molar-refractivity contribution >= 4 is 10.8 Å². The van der Waals surface area contributed by atoms with Gasteiger partial charge in [0, 0.05) is 16.5 Å². The van der Waals surface area contributed by atoms with E-state index in [0.717, 1.165) is 17.1 Å². The van der Waals surface area contributed by atoms with Crippen LogP contribution in [0.3, 0.4) is 0 Å². The molecule has 7 aromatic rings. The summed E-state index contributed by atoms with van der Waals surface area (Å²) in [6.45, 7) is 0. The van der Waals surface area contributed by atoms with E-state index in [-0.39, 0.29) is 5.41 Å². The van der Waals surface area contributed by atoms with E-state index >= 15 is 0 Å². The molecule has 7 aromatic carbocycles. The molecule has 42 heavy (non-hydrogen) atoms. The van der Waals surface area contributed by atoms with E-state index in [1.807, 2.05) is 0 Å². The van der Waals surface area contributed by atoms with Crippen molar-refractivity contribution in [3.63, 3.8) is 0 Å². The fraction of sp³-hybridized carbons (Fsp3) is 0.0244. The number of para-hydroxylation sites is 1. The third-order valence-corrected chi connectivity index (χ3v) is 9.69. The van der Waals surface area contributed by atoms with Gasteiger partial charge in [0.25, 0.3) is 0 Å². The van der Waals surface area contributed by atoms with Crippen molar-refractivity contribution in [3.05, 3.63) is 168 Å². The summed E-state index contributed by atoms with van der Waals surface area (Å²) in [5.41, 5.74) is 15.3. The van der Waals surface area contributed by atoms with Gasteiger partial charge in [0.1, 0.15) is 11.5 Å². The molecular formula is C41H24O. The van der Waals surface area contributed by atoms with Crippen LogP contribution in [-0.4, -0.2) is 0 Å². The molecule has 1 nitrogen and oxygen atoms in total. The predicted octanol–water partition coefficient (Wildman–Crippen LogP) is 10.6. The van der Waals surface area contributed by atoms with Crippen molar-refractivity contribution < 1.29 is 4.74 Å². The molecule has 1 aliphatic heterocycles. The molecule has 0 N–H and O–H groups in total. The summed E-state index contributed by atoms with van der Waals surface area (Å²) in [5, 5.41) is 2.38. The third-order valence-electron chi connectivity index (χ3n) is 9.69. The number of hydrogen-bond acceptors (Lipinski definition) is 1. The highest BCUT2D eigenvalue weighted by molar-refractivity contribution is 6.10. The summed E-state index contributed by atoms with van der Waals surface area (Å²) in [5.74, 6) is 1.84. The Morgan fingerprint density at radius 1 is 0.381 bits per heavy atom. The molecule has 2 aliphatic carbocycles. The minimum atomic E-state index is -0.317. The van der Waals surface area contributed by atoms with Gasteiger partial charge in [0.15, 0.2) is 0 Å². The van der Waals surface area contributed by atoms with E-state index in [2.05, 4.69) is 146 Å². The molecular weight excluding hydrogens is 508 g/mol. The molecule has 0 unspecified atom stereocenters. The van der Waals surface area contributed by atoms with Crippen LogP contribution in [0, 0.1) is 0 Å². The molecule has 10 rings (SSSR count). The van der Waals surface area contributed by atoms with Gasteiger partial charge in [-0.3, -0.25) is 0 Å². The van der Waals surface area contributed by atoms with E-state index in [1.54, 1.807) is 0 Å². The summed E-state index contributed by atoms with van der Waals surface area (Å²) < 4.78 is 6.39. The first-order valence-electron chi connectivity index (χ1n) is 14.6. The maximum atomic E-state index is 6.39. The van der Waals surface area contributed by atoms with Crippen LogP contribution in [0.5, 0.6) is 11.5 Å². The summed E-state index contributed by atoms with van der Waals surface area (Å²) in [4.78, 5) is 0. The number of benzene rings is 7. The molecule has 0 saturated heterocycles. The molecule has 3 aliphatic rings. The molecule has 1 heteroatoms. The molecule has 0 aromatic heterocycles. The normalized spacial score (nSPS) is 14.1. The highest BCUT2D eigenvalue weighted by Crippen LogP contribution is 2.63. The van der Waals surface area contributed by atoms with Crippen molar-refractivity contribution in [2.24, 2.45) is 0 Å². The largest absolute Gasteiger partial charge is 0.456 e. The molecule has 1 spiro atoms. The smallest absolute Gasteiger partial charge is 0.135 e. The van der Waals surface area contributed by atoms with Gasteiger partial charge in [-0.25, -0.2) is 0 Å². The molecule has 0 saturated carbocycles. The van der Waals surface area contributed by atoms with Crippen molar-refractivity contribution in [3.8, 4) is 56.0 Å². The van der Waals surface area contributed by atoms with Crippen LogP contribution in [0.15, 0.2) is 146 Å².